The first-order valence-electron chi connectivity index (χ1n) is 10.00. The number of nitrogens with zero attached hydrogens (tertiary/aromatic N) is 1. The minimum atomic E-state index is -4.45. The zero-order valence-electron chi connectivity index (χ0n) is 17.3. The van der Waals surface area contributed by atoms with Crippen molar-refractivity contribution in [3.8, 4) is 0 Å². The summed E-state index contributed by atoms with van der Waals surface area (Å²) >= 11 is 0. The van der Waals surface area contributed by atoms with Gasteiger partial charge in [0.05, 0.1) is 5.56 Å². The molecule has 1 aliphatic rings. The van der Waals surface area contributed by atoms with Crippen molar-refractivity contribution in [2.75, 3.05) is 13.1 Å². The molecule has 1 aliphatic heterocycles. The van der Waals surface area contributed by atoms with Gasteiger partial charge in [-0.3, -0.25) is 14.4 Å². The standard InChI is InChI=1S/C22H24F3N3O3/c1-13-11-14(2)27-20(30)18(13)12-26-19(29)15-7-9-28(10-8-15)21(31)16-3-5-17(6-4-16)22(23,24)25/h3-6,11,15H,7-10,12H2,1-2H3,(H,26,29)(H,27,30). The number of alkyl halides is 3. The number of rotatable bonds is 4. The molecule has 3 rings (SSSR count). The summed E-state index contributed by atoms with van der Waals surface area (Å²) in [5, 5.41) is 2.80. The Hall–Kier alpha value is -3.10. The van der Waals surface area contributed by atoms with Gasteiger partial charge in [0.1, 0.15) is 0 Å². The number of hydrogen-bond donors (Lipinski definition) is 2. The van der Waals surface area contributed by atoms with Crippen molar-refractivity contribution in [2.45, 2.75) is 39.4 Å². The van der Waals surface area contributed by atoms with E-state index >= 15 is 0 Å². The third kappa shape index (κ3) is 5.34. The number of aryl methyl sites for hydroxylation is 2. The summed E-state index contributed by atoms with van der Waals surface area (Å²) in [6.07, 6.45) is -3.56. The largest absolute Gasteiger partial charge is 0.416 e. The first-order chi connectivity index (χ1) is 14.6. The van der Waals surface area contributed by atoms with Gasteiger partial charge in [-0.1, -0.05) is 0 Å². The first kappa shape index (κ1) is 22.6. The predicted molar refractivity (Wildman–Crippen MR) is 108 cm³/mol. The SMILES string of the molecule is Cc1cc(C)c(CNC(=O)C2CCN(C(=O)c3ccc(C(F)(F)F)cc3)CC2)c(=O)[nH]1. The highest BCUT2D eigenvalue weighted by molar-refractivity contribution is 5.94. The summed E-state index contributed by atoms with van der Waals surface area (Å²) in [5.41, 5.74) is 1.22. The normalized spacial score (nSPS) is 15.1. The Morgan fingerprint density at radius 2 is 1.74 bits per heavy atom. The fourth-order valence-corrected chi connectivity index (χ4v) is 3.75. The molecule has 0 radical (unpaired) electrons. The maximum atomic E-state index is 12.7. The Labute approximate surface area is 177 Å². The average molecular weight is 435 g/mol. The van der Waals surface area contributed by atoms with Crippen LogP contribution in [0, 0.1) is 19.8 Å². The van der Waals surface area contributed by atoms with E-state index in [4.69, 9.17) is 0 Å². The Kier molecular flexibility index (Phi) is 6.52. The van der Waals surface area contributed by atoms with E-state index in [1.807, 2.05) is 13.0 Å². The zero-order chi connectivity index (χ0) is 22.8. The fraction of sp³-hybridized carbons (Fsp3) is 0.409. The lowest BCUT2D eigenvalue weighted by Crippen LogP contribution is -2.43. The maximum absolute atomic E-state index is 12.7. The summed E-state index contributed by atoms with van der Waals surface area (Å²) in [5.74, 6) is -0.822. The minimum Gasteiger partial charge on any atom is -0.352 e. The van der Waals surface area contributed by atoms with E-state index in [0.29, 0.717) is 31.5 Å². The third-order valence-corrected chi connectivity index (χ3v) is 5.55. The van der Waals surface area contributed by atoms with Gasteiger partial charge in [-0.05, 0) is 62.6 Å². The van der Waals surface area contributed by atoms with Crippen molar-refractivity contribution in [1.82, 2.24) is 15.2 Å². The van der Waals surface area contributed by atoms with E-state index in [1.54, 1.807) is 11.8 Å². The number of pyridine rings is 1. The number of H-pyrrole nitrogens is 1. The van der Waals surface area contributed by atoms with Crippen LogP contribution >= 0.6 is 0 Å². The zero-order valence-corrected chi connectivity index (χ0v) is 17.3. The topological polar surface area (TPSA) is 82.3 Å². The quantitative estimate of drug-likeness (QED) is 0.774. The lowest BCUT2D eigenvalue weighted by Gasteiger charge is -2.31. The molecule has 6 nitrogen and oxygen atoms in total. The summed E-state index contributed by atoms with van der Waals surface area (Å²) < 4.78 is 38.0. The van der Waals surface area contributed by atoms with Crippen LogP contribution in [0.3, 0.4) is 0 Å². The number of amides is 2. The Balaban J connectivity index is 1.54. The second kappa shape index (κ2) is 8.95. The Morgan fingerprint density at radius 1 is 1.13 bits per heavy atom. The van der Waals surface area contributed by atoms with Crippen LogP contribution in [0.1, 0.15) is 45.6 Å². The van der Waals surface area contributed by atoms with E-state index in [1.165, 1.54) is 12.1 Å². The first-order valence-corrected chi connectivity index (χ1v) is 10.00. The molecule has 0 aliphatic carbocycles. The molecule has 2 N–H and O–H groups in total. The number of likely N-dealkylation sites (tertiary alicyclic amines) is 1. The lowest BCUT2D eigenvalue weighted by molar-refractivity contribution is -0.137. The molecular formula is C22H24F3N3O3. The molecule has 2 aromatic rings. The van der Waals surface area contributed by atoms with Crippen LogP contribution < -0.4 is 10.9 Å². The lowest BCUT2D eigenvalue weighted by atomic mass is 9.95. The number of carbonyl (C=O) groups excluding carboxylic acids is 2. The van der Waals surface area contributed by atoms with E-state index in [-0.39, 0.29) is 35.4 Å². The summed E-state index contributed by atoms with van der Waals surface area (Å²) in [6.45, 7) is 4.40. The molecule has 1 fully saturated rings. The van der Waals surface area contributed by atoms with Crippen molar-refractivity contribution >= 4 is 11.8 Å². The number of halogens is 3. The summed E-state index contributed by atoms with van der Waals surface area (Å²) in [7, 11) is 0. The molecular weight excluding hydrogens is 411 g/mol. The van der Waals surface area contributed by atoms with Gasteiger partial charge in [0.15, 0.2) is 0 Å². The van der Waals surface area contributed by atoms with Crippen LogP contribution in [0.25, 0.3) is 0 Å². The summed E-state index contributed by atoms with van der Waals surface area (Å²) in [6, 6.07) is 5.97. The molecule has 0 saturated carbocycles. The van der Waals surface area contributed by atoms with Gasteiger partial charge in [-0.25, -0.2) is 0 Å². The number of nitrogens with one attached hydrogen (secondary N) is 2. The van der Waals surface area contributed by atoms with Crippen LogP contribution in [-0.2, 0) is 17.5 Å². The number of aromatic amines is 1. The van der Waals surface area contributed by atoms with Crippen molar-refractivity contribution in [1.29, 1.82) is 0 Å². The highest BCUT2D eigenvalue weighted by Crippen LogP contribution is 2.29. The van der Waals surface area contributed by atoms with Crippen molar-refractivity contribution in [3.05, 3.63) is 68.6 Å². The van der Waals surface area contributed by atoms with Gasteiger partial charge in [0.25, 0.3) is 11.5 Å². The van der Waals surface area contributed by atoms with Crippen molar-refractivity contribution in [2.24, 2.45) is 5.92 Å². The van der Waals surface area contributed by atoms with Crippen LogP contribution in [0.2, 0.25) is 0 Å². The van der Waals surface area contributed by atoms with Gasteiger partial charge < -0.3 is 15.2 Å². The highest BCUT2D eigenvalue weighted by Gasteiger charge is 2.31. The number of hydrogen-bond acceptors (Lipinski definition) is 3. The molecule has 2 heterocycles. The van der Waals surface area contributed by atoms with Crippen molar-refractivity contribution in [3.63, 3.8) is 0 Å². The van der Waals surface area contributed by atoms with Gasteiger partial charge >= 0.3 is 6.18 Å². The van der Waals surface area contributed by atoms with Crippen molar-refractivity contribution < 1.29 is 22.8 Å². The molecule has 2 amide bonds. The molecule has 1 aromatic carbocycles. The second-order valence-corrected chi connectivity index (χ2v) is 7.80. The second-order valence-electron chi connectivity index (χ2n) is 7.80. The molecule has 0 bridgehead atoms. The molecule has 31 heavy (non-hydrogen) atoms. The van der Waals surface area contributed by atoms with E-state index in [9.17, 15) is 27.6 Å². The minimum absolute atomic E-state index is 0.130. The number of carbonyl (C=O) groups is 2. The Morgan fingerprint density at radius 3 is 2.29 bits per heavy atom. The maximum Gasteiger partial charge on any atom is 0.416 e. The molecule has 0 atom stereocenters. The molecule has 0 unspecified atom stereocenters. The fourth-order valence-electron chi connectivity index (χ4n) is 3.75. The molecule has 166 valence electrons. The van der Waals surface area contributed by atoms with Gasteiger partial charge in [-0.2, -0.15) is 13.2 Å². The molecule has 1 aromatic heterocycles. The molecule has 0 spiro atoms. The van der Waals surface area contributed by atoms with Gasteiger partial charge in [0.2, 0.25) is 5.91 Å². The predicted octanol–water partition coefficient (Wildman–Crippen LogP) is 3.18. The number of piperidine rings is 1. The smallest absolute Gasteiger partial charge is 0.352 e. The van der Waals surface area contributed by atoms with Crippen LogP contribution in [0.5, 0.6) is 0 Å². The molecule has 1 saturated heterocycles. The van der Waals surface area contributed by atoms with Crippen LogP contribution in [0.15, 0.2) is 35.1 Å². The average Bonchev–Trinajstić information content (AvgIpc) is 2.72. The third-order valence-electron chi connectivity index (χ3n) is 5.55. The van der Waals surface area contributed by atoms with Gasteiger partial charge in [-0.15, -0.1) is 0 Å². The monoisotopic (exact) mass is 435 g/mol. The van der Waals surface area contributed by atoms with E-state index < -0.39 is 11.7 Å². The molecule has 9 heteroatoms. The number of benzene rings is 1. The summed E-state index contributed by atoms with van der Waals surface area (Å²) in [4.78, 5) is 41.4. The van der Waals surface area contributed by atoms with Gasteiger partial charge in [0, 0.05) is 42.4 Å². The number of aromatic nitrogens is 1. The van der Waals surface area contributed by atoms with Crippen LogP contribution in [0.4, 0.5) is 13.2 Å². The van der Waals surface area contributed by atoms with E-state index in [2.05, 4.69) is 10.3 Å². The van der Waals surface area contributed by atoms with Crippen LogP contribution in [-0.4, -0.2) is 34.8 Å². The van der Waals surface area contributed by atoms with E-state index in [0.717, 1.165) is 23.4 Å². The Bertz CT molecular complexity index is 1020. The highest BCUT2D eigenvalue weighted by atomic mass is 19.4.